The number of anilines is 1. The van der Waals surface area contributed by atoms with Gasteiger partial charge in [0.1, 0.15) is 23.4 Å². The van der Waals surface area contributed by atoms with E-state index in [-0.39, 0.29) is 11.8 Å². The number of methoxy groups -OCH3 is 1. The number of ether oxygens (including phenoxy) is 1. The van der Waals surface area contributed by atoms with Gasteiger partial charge in [0.25, 0.3) is 0 Å². The van der Waals surface area contributed by atoms with Crippen LogP contribution in [-0.2, 0) is 9.53 Å². The number of carbonyl (C=O) groups is 1. The molecule has 3 rings (SSSR count). The van der Waals surface area contributed by atoms with E-state index < -0.39 is 0 Å². The molecule has 142 valence electrons. The molecule has 1 atom stereocenters. The van der Waals surface area contributed by atoms with Crippen LogP contribution in [0.3, 0.4) is 0 Å². The minimum absolute atomic E-state index is 0.00101. The van der Waals surface area contributed by atoms with E-state index in [1.165, 1.54) is 6.26 Å². The molecule has 1 unspecified atom stereocenters. The Morgan fingerprint density at radius 1 is 1.22 bits per heavy atom. The summed E-state index contributed by atoms with van der Waals surface area (Å²) in [6.07, 6.45) is 2.44. The second-order valence-electron chi connectivity index (χ2n) is 6.38. The molecule has 3 aromatic rings. The molecule has 0 aliphatic heterocycles. The molecule has 0 saturated carbocycles. The maximum absolute atomic E-state index is 12.8. The van der Waals surface area contributed by atoms with Crippen LogP contribution >= 0.6 is 0 Å². The Kier molecular flexibility index (Phi) is 6.03. The van der Waals surface area contributed by atoms with Gasteiger partial charge in [0, 0.05) is 50.4 Å². The van der Waals surface area contributed by atoms with E-state index in [4.69, 9.17) is 13.8 Å². The van der Waals surface area contributed by atoms with Gasteiger partial charge in [-0.25, -0.2) is 0 Å². The second-order valence-corrected chi connectivity index (χ2v) is 6.38. The summed E-state index contributed by atoms with van der Waals surface area (Å²) in [5.74, 6) is 0.540. The molecule has 0 bridgehead atoms. The van der Waals surface area contributed by atoms with Gasteiger partial charge in [-0.1, -0.05) is 28.5 Å². The minimum atomic E-state index is -0.142. The number of hydrogen-bond acceptors (Lipinski definition) is 6. The maximum Gasteiger partial charge on any atom is 0.227 e. The van der Waals surface area contributed by atoms with Gasteiger partial charge >= 0.3 is 0 Å². The number of carbonyl (C=O) groups excluding carboxylic acids is 1. The van der Waals surface area contributed by atoms with Gasteiger partial charge < -0.3 is 18.7 Å². The average Bonchev–Trinajstić information content (AvgIpc) is 3.34. The molecule has 0 aliphatic rings. The van der Waals surface area contributed by atoms with Crippen molar-refractivity contribution in [3.8, 4) is 11.4 Å². The molecule has 7 heteroatoms. The Morgan fingerprint density at radius 3 is 2.67 bits per heavy atom. The molecule has 2 heterocycles. The first-order valence-electron chi connectivity index (χ1n) is 8.79. The number of amides is 1. The summed E-state index contributed by atoms with van der Waals surface area (Å²) in [6.45, 7) is 2.44. The number of rotatable bonds is 8. The van der Waals surface area contributed by atoms with Crippen LogP contribution in [-0.4, -0.2) is 37.0 Å². The van der Waals surface area contributed by atoms with Gasteiger partial charge in [0.05, 0.1) is 0 Å². The number of aromatic nitrogens is 2. The molecule has 0 fully saturated rings. The van der Waals surface area contributed by atoms with Crippen molar-refractivity contribution in [2.45, 2.75) is 25.7 Å². The Morgan fingerprint density at radius 2 is 2.00 bits per heavy atom. The third kappa shape index (κ3) is 4.25. The van der Waals surface area contributed by atoms with Crippen molar-refractivity contribution in [3.05, 3.63) is 54.0 Å². The van der Waals surface area contributed by atoms with Gasteiger partial charge in [-0.3, -0.25) is 4.79 Å². The summed E-state index contributed by atoms with van der Waals surface area (Å²) in [5, 5.41) is 8.05. The van der Waals surface area contributed by atoms with Crippen molar-refractivity contribution in [3.63, 3.8) is 0 Å². The maximum atomic E-state index is 12.8. The summed E-state index contributed by atoms with van der Waals surface area (Å²) in [4.78, 5) is 14.5. The quantitative estimate of drug-likeness (QED) is 0.600. The lowest BCUT2D eigenvalue weighted by Gasteiger charge is -2.21. The highest BCUT2D eigenvalue weighted by Gasteiger charge is 2.27. The number of para-hydroxylation sites is 1. The highest BCUT2D eigenvalue weighted by atomic mass is 16.5. The third-order valence-corrected chi connectivity index (χ3v) is 4.62. The molecule has 0 N–H and O–H groups in total. The molecule has 0 aliphatic carbocycles. The van der Waals surface area contributed by atoms with Crippen molar-refractivity contribution < 1.29 is 18.6 Å². The molecule has 0 saturated heterocycles. The smallest absolute Gasteiger partial charge is 0.227 e. The van der Waals surface area contributed by atoms with Crippen LogP contribution in [0, 0.1) is 6.92 Å². The number of benzene rings is 1. The number of hydrogen-bond donors (Lipinski definition) is 0. The second kappa shape index (κ2) is 8.64. The van der Waals surface area contributed by atoms with E-state index in [0.717, 1.165) is 11.3 Å². The SMILES string of the molecule is COCCC(CC(=O)N(C)c1ccccc1)c1onc(-c2ccon2)c1C. The van der Waals surface area contributed by atoms with Crippen LogP contribution in [0.5, 0.6) is 0 Å². The first-order valence-corrected chi connectivity index (χ1v) is 8.79. The van der Waals surface area contributed by atoms with Crippen LogP contribution in [0.1, 0.15) is 30.1 Å². The highest BCUT2D eigenvalue weighted by molar-refractivity contribution is 5.93. The summed E-state index contributed by atoms with van der Waals surface area (Å²) in [7, 11) is 3.42. The van der Waals surface area contributed by atoms with Crippen molar-refractivity contribution >= 4 is 11.6 Å². The van der Waals surface area contributed by atoms with Gasteiger partial charge in [-0.2, -0.15) is 0 Å². The molecule has 7 nitrogen and oxygen atoms in total. The number of nitrogens with zero attached hydrogens (tertiary/aromatic N) is 3. The Hall–Kier alpha value is -2.93. The van der Waals surface area contributed by atoms with Gasteiger partial charge in [-0.05, 0) is 25.5 Å². The van der Waals surface area contributed by atoms with Gasteiger partial charge in [-0.15, -0.1) is 0 Å². The topological polar surface area (TPSA) is 81.6 Å². The first-order chi connectivity index (χ1) is 13.1. The minimum Gasteiger partial charge on any atom is -0.385 e. The standard InChI is InChI=1S/C20H23N3O4/c1-14-19(17-10-12-26-21-17)22-27-20(14)15(9-11-25-3)13-18(24)23(2)16-7-5-4-6-8-16/h4-8,10,12,15H,9,11,13H2,1-3H3. The summed E-state index contributed by atoms with van der Waals surface area (Å²) in [5.41, 5.74) is 2.96. The lowest BCUT2D eigenvalue weighted by Crippen LogP contribution is -2.28. The van der Waals surface area contributed by atoms with Gasteiger partial charge in [0.15, 0.2) is 0 Å². The summed E-state index contributed by atoms with van der Waals surface area (Å²) < 4.78 is 15.7. The van der Waals surface area contributed by atoms with Crippen LogP contribution in [0.15, 0.2) is 51.7 Å². The van der Waals surface area contributed by atoms with E-state index in [9.17, 15) is 4.79 Å². The zero-order valence-corrected chi connectivity index (χ0v) is 15.7. The van der Waals surface area contributed by atoms with E-state index in [1.807, 2.05) is 37.3 Å². The van der Waals surface area contributed by atoms with E-state index >= 15 is 0 Å². The van der Waals surface area contributed by atoms with Crippen LogP contribution in [0.2, 0.25) is 0 Å². The summed E-state index contributed by atoms with van der Waals surface area (Å²) >= 11 is 0. The van der Waals surface area contributed by atoms with Crippen LogP contribution in [0.25, 0.3) is 11.4 Å². The van der Waals surface area contributed by atoms with Crippen LogP contribution in [0.4, 0.5) is 5.69 Å². The fourth-order valence-electron chi connectivity index (χ4n) is 3.03. The largest absolute Gasteiger partial charge is 0.385 e. The van der Waals surface area contributed by atoms with Crippen LogP contribution < -0.4 is 4.90 Å². The van der Waals surface area contributed by atoms with Crippen molar-refractivity contribution in [2.75, 3.05) is 25.7 Å². The lowest BCUT2D eigenvalue weighted by molar-refractivity contribution is -0.118. The third-order valence-electron chi connectivity index (χ3n) is 4.62. The Bertz CT molecular complexity index is 859. The molecule has 1 amide bonds. The predicted octanol–water partition coefficient (Wildman–Crippen LogP) is 3.81. The Labute approximate surface area is 157 Å². The van der Waals surface area contributed by atoms with E-state index in [1.54, 1.807) is 25.1 Å². The normalized spacial score (nSPS) is 12.1. The monoisotopic (exact) mass is 369 g/mol. The molecule has 1 aromatic carbocycles. The average molecular weight is 369 g/mol. The zero-order valence-electron chi connectivity index (χ0n) is 15.7. The van der Waals surface area contributed by atoms with E-state index in [2.05, 4.69) is 10.3 Å². The lowest BCUT2D eigenvalue weighted by atomic mass is 9.94. The molecule has 0 spiro atoms. The van der Waals surface area contributed by atoms with Crippen molar-refractivity contribution in [1.29, 1.82) is 0 Å². The fraction of sp³-hybridized carbons (Fsp3) is 0.350. The van der Waals surface area contributed by atoms with Gasteiger partial charge in [0.2, 0.25) is 5.91 Å². The molecular formula is C20H23N3O4. The Balaban J connectivity index is 1.81. The first kappa shape index (κ1) is 18.8. The summed E-state index contributed by atoms with van der Waals surface area (Å²) in [6, 6.07) is 11.3. The predicted molar refractivity (Wildman–Crippen MR) is 100 cm³/mol. The zero-order chi connectivity index (χ0) is 19.2. The fourth-order valence-corrected chi connectivity index (χ4v) is 3.03. The van der Waals surface area contributed by atoms with E-state index in [0.29, 0.717) is 36.6 Å². The van der Waals surface area contributed by atoms with Crippen molar-refractivity contribution in [1.82, 2.24) is 10.3 Å². The van der Waals surface area contributed by atoms with Crippen molar-refractivity contribution in [2.24, 2.45) is 0 Å². The molecule has 0 radical (unpaired) electrons. The highest BCUT2D eigenvalue weighted by Crippen LogP contribution is 2.33. The molecule has 27 heavy (non-hydrogen) atoms. The molecule has 2 aromatic heterocycles. The molecular weight excluding hydrogens is 346 g/mol.